The molecule has 3 heterocycles. The molecule has 0 spiro atoms. The van der Waals surface area contributed by atoms with Gasteiger partial charge in [-0.25, -0.2) is 4.98 Å². The quantitative estimate of drug-likeness (QED) is 0.520. The zero-order valence-corrected chi connectivity index (χ0v) is 12.6. The summed E-state index contributed by atoms with van der Waals surface area (Å²) in [6, 6.07) is 0. The van der Waals surface area contributed by atoms with Crippen LogP contribution in [0.4, 0.5) is 5.82 Å². The lowest BCUT2D eigenvalue weighted by Gasteiger charge is -2.21. The SMILES string of the molecule is C[N+](C)(C)c1ncnc2c([C@@H]3O[C@H](CO)[C@@H](O)[C@H]3O)[nH]nc12. The smallest absolute Gasteiger partial charge is 0.258 e. The summed E-state index contributed by atoms with van der Waals surface area (Å²) in [6.45, 7) is -0.375. The zero-order valence-electron chi connectivity index (χ0n) is 12.6. The van der Waals surface area contributed by atoms with Crippen LogP contribution in [0.25, 0.3) is 11.0 Å². The molecule has 0 radical (unpaired) electrons. The average Bonchev–Trinajstić information content (AvgIpc) is 3.00. The normalized spacial score (nSPS) is 29.4. The Hall–Kier alpha value is -1.65. The van der Waals surface area contributed by atoms with E-state index in [0.717, 1.165) is 5.82 Å². The number of nitrogens with one attached hydrogen (secondary N) is 1. The maximum Gasteiger partial charge on any atom is 0.258 e. The third-order valence-corrected chi connectivity index (χ3v) is 3.81. The number of aliphatic hydroxyl groups excluding tert-OH is 3. The van der Waals surface area contributed by atoms with Gasteiger partial charge in [-0.15, -0.1) is 0 Å². The molecule has 9 heteroatoms. The number of fused-ring (bicyclic) bond motifs is 1. The molecule has 0 amide bonds. The molecule has 1 aliphatic rings. The number of hydrogen-bond acceptors (Lipinski definition) is 7. The maximum atomic E-state index is 10.1. The van der Waals surface area contributed by atoms with Gasteiger partial charge in [-0.3, -0.25) is 9.58 Å². The van der Waals surface area contributed by atoms with Gasteiger partial charge >= 0.3 is 0 Å². The Morgan fingerprint density at radius 3 is 2.50 bits per heavy atom. The molecule has 9 nitrogen and oxygen atoms in total. The van der Waals surface area contributed by atoms with Crippen molar-refractivity contribution < 1.29 is 20.1 Å². The predicted molar refractivity (Wildman–Crippen MR) is 78.0 cm³/mol. The lowest BCUT2D eigenvalue weighted by molar-refractivity contribution is -0.0236. The number of ether oxygens (including phenoxy) is 1. The van der Waals surface area contributed by atoms with Gasteiger partial charge in [0, 0.05) is 0 Å². The minimum Gasteiger partial charge on any atom is -0.394 e. The third-order valence-electron chi connectivity index (χ3n) is 3.81. The molecule has 0 aromatic carbocycles. The Bertz CT molecular complexity index is 683. The first-order valence-corrected chi connectivity index (χ1v) is 6.98. The van der Waals surface area contributed by atoms with E-state index in [9.17, 15) is 15.3 Å². The van der Waals surface area contributed by atoms with Crippen molar-refractivity contribution in [3.63, 3.8) is 0 Å². The number of aromatic nitrogens is 4. The summed E-state index contributed by atoms with van der Waals surface area (Å²) in [5, 5.41) is 36.3. The van der Waals surface area contributed by atoms with Gasteiger partial charge in [0.2, 0.25) is 0 Å². The largest absolute Gasteiger partial charge is 0.394 e. The van der Waals surface area contributed by atoms with Crippen LogP contribution in [0.5, 0.6) is 0 Å². The minimum atomic E-state index is -1.16. The Morgan fingerprint density at radius 2 is 1.91 bits per heavy atom. The highest BCUT2D eigenvalue weighted by molar-refractivity contribution is 5.86. The van der Waals surface area contributed by atoms with Gasteiger partial charge < -0.3 is 20.1 Å². The number of quaternary nitrogens is 1. The first-order chi connectivity index (χ1) is 10.3. The molecule has 1 aliphatic heterocycles. The molecule has 120 valence electrons. The number of aliphatic hydroxyl groups is 3. The van der Waals surface area contributed by atoms with Crippen molar-refractivity contribution in [2.24, 2.45) is 0 Å². The Balaban J connectivity index is 2.07. The van der Waals surface area contributed by atoms with E-state index in [1.807, 2.05) is 21.1 Å². The van der Waals surface area contributed by atoms with Crippen LogP contribution in [-0.4, -0.2) is 81.5 Å². The number of aromatic amines is 1. The second-order valence-electron chi connectivity index (χ2n) is 6.30. The second kappa shape index (κ2) is 5.21. The molecule has 0 unspecified atom stereocenters. The van der Waals surface area contributed by atoms with Crippen LogP contribution >= 0.6 is 0 Å². The van der Waals surface area contributed by atoms with E-state index in [2.05, 4.69) is 20.2 Å². The Labute approximate surface area is 126 Å². The van der Waals surface area contributed by atoms with E-state index in [1.165, 1.54) is 6.33 Å². The van der Waals surface area contributed by atoms with Gasteiger partial charge in [-0.05, 0) is 0 Å². The van der Waals surface area contributed by atoms with Gasteiger partial charge in [0.1, 0.15) is 36.3 Å². The van der Waals surface area contributed by atoms with Crippen molar-refractivity contribution in [3.8, 4) is 0 Å². The van der Waals surface area contributed by atoms with E-state index in [4.69, 9.17) is 4.74 Å². The first kappa shape index (κ1) is 15.3. The molecule has 4 atom stereocenters. The molecular formula is C13H20N5O4+. The van der Waals surface area contributed by atoms with Crippen LogP contribution in [0.15, 0.2) is 6.33 Å². The second-order valence-corrected chi connectivity index (χ2v) is 6.30. The monoisotopic (exact) mass is 310 g/mol. The van der Waals surface area contributed by atoms with Crippen LogP contribution in [0.2, 0.25) is 0 Å². The molecule has 4 N–H and O–H groups in total. The average molecular weight is 310 g/mol. The van der Waals surface area contributed by atoms with Crippen molar-refractivity contribution in [3.05, 3.63) is 12.0 Å². The van der Waals surface area contributed by atoms with Gasteiger partial charge in [-0.1, -0.05) is 0 Å². The molecule has 1 fully saturated rings. The molecule has 0 saturated carbocycles. The lowest BCUT2D eigenvalue weighted by atomic mass is 10.1. The van der Waals surface area contributed by atoms with Crippen LogP contribution in [-0.2, 0) is 4.74 Å². The molecule has 0 bridgehead atoms. The lowest BCUT2D eigenvalue weighted by Crippen LogP contribution is -2.36. The molecule has 3 rings (SSSR count). The minimum absolute atomic E-state index is 0.375. The summed E-state index contributed by atoms with van der Waals surface area (Å²) in [5.41, 5.74) is 1.59. The van der Waals surface area contributed by atoms with E-state index in [-0.39, 0.29) is 6.61 Å². The maximum absolute atomic E-state index is 10.1. The summed E-state index contributed by atoms with van der Waals surface area (Å²) in [5.74, 6) is 0.722. The zero-order chi connectivity index (χ0) is 16.1. The summed E-state index contributed by atoms with van der Waals surface area (Å²) in [6.07, 6.45) is -2.55. The van der Waals surface area contributed by atoms with E-state index < -0.39 is 24.4 Å². The topological polar surface area (TPSA) is 124 Å². The highest BCUT2D eigenvalue weighted by Gasteiger charge is 2.45. The molecule has 2 aromatic heterocycles. The first-order valence-electron chi connectivity index (χ1n) is 6.98. The molecular weight excluding hydrogens is 290 g/mol. The Morgan fingerprint density at radius 1 is 1.18 bits per heavy atom. The number of rotatable bonds is 3. The van der Waals surface area contributed by atoms with Crippen LogP contribution in [0.1, 0.15) is 11.8 Å². The molecule has 2 aromatic rings. The third kappa shape index (κ3) is 2.27. The number of H-pyrrole nitrogens is 1. The number of hydrogen-bond donors (Lipinski definition) is 4. The van der Waals surface area contributed by atoms with Crippen molar-refractivity contribution >= 4 is 16.9 Å². The standard InChI is InChI=1S/C13H20N5O4/c1-18(2,3)13-9-7(14-5-15-13)8(16-17-9)12-11(21)10(20)6(4-19)22-12/h5-6,10-12,19-21H,4H2,1-3H3,(H,16,17)/q+1/t6-,10-,11-,12+/m1/s1. The van der Waals surface area contributed by atoms with Gasteiger partial charge in [0.25, 0.3) is 5.82 Å². The van der Waals surface area contributed by atoms with Gasteiger partial charge in [-0.2, -0.15) is 10.1 Å². The molecule has 0 aliphatic carbocycles. The fourth-order valence-electron chi connectivity index (χ4n) is 2.67. The predicted octanol–water partition coefficient (Wildman–Crippen LogP) is -1.30. The molecule has 22 heavy (non-hydrogen) atoms. The molecule has 1 saturated heterocycles. The Kier molecular flexibility index (Phi) is 3.62. The highest BCUT2D eigenvalue weighted by Crippen LogP contribution is 2.36. The highest BCUT2D eigenvalue weighted by atomic mass is 16.6. The summed E-state index contributed by atoms with van der Waals surface area (Å²) >= 11 is 0. The van der Waals surface area contributed by atoms with Gasteiger partial charge in [0.15, 0.2) is 5.52 Å². The van der Waals surface area contributed by atoms with Crippen LogP contribution in [0.3, 0.4) is 0 Å². The van der Waals surface area contributed by atoms with E-state index >= 15 is 0 Å². The van der Waals surface area contributed by atoms with Crippen LogP contribution < -0.4 is 4.48 Å². The fraction of sp³-hybridized carbons (Fsp3) is 0.615. The summed E-state index contributed by atoms with van der Waals surface area (Å²) < 4.78 is 5.98. The number of nitrogens with zero attached hydrogens (tertiary/aromatic N) is 4. The van der Waals surface area contributed by atoms with Crippen LogP contribution in [0, 0.1) is 0 Å². The summed E-state index contributed by atoms with van der Waals surface area (Å²) in [4.78, 5) is 8.49. The van der Waals surface area contributed by atoms with E-state index in [0.29, 0.717) is 21.2 Å². The summed E-state index contributed by atoms with van der Waals surface area (Å²) in [7, 11) is 5.88. The van der Waals surface area contributed by atoms with Crippen molar-refractivity contribution in [2.45, 2.75) is 24.4 Å². The van der Waals surface area contributed by atoms with E-state index in [1.54, 1.807) is 0 Å². The van der Waals surface area contributed by atoms with Crippen molar-refractivity contribution in [1.29, 1.82) is 0 Å². The van der Waals surface area contributed by atoms with Crippen molar-refractivity contribution in [2.75, 3.05) is 27.7 Å². The fourth-order valence-corrected chi connectivity index (χ4v) is 2.67. The van der Waals surface area contributed by atoms with Gasteiger partial charge in [0.05, 0.1) is 33.4 Å². The van der Waals surface area contributed by atoms with Crippen molar-refractivity contribution in [1.82, 2.24) is 24.6 Å².